The van der Waals surface area contributed by atoms with E-state index in [0.717, 1.165) is 31.3 Å². The molecule has 3 heteroatoms. The summed E-state index contributed by atoms with van der Waals surface area (Å²) in [6, 6.07) is 0. The summed E-state index contributed by atoms with van der Waals surface area (Å²) < 4.78 is 5.50. The Labute approximate surface area is 90.1 Å². The zero-order valence-electron chi connectivity index (χ0n) is 9.38. The van der Waals surface area contributed by atoms with Crippen molar-refractivity contribution in [2.45, 2.75) is 57.7 Å². The highest BCUT2D eigenvalue weighted by Gasteiger charge is 2.46. The van der Waals surface area contributed by atoms with Crippen molar-refractivity contribution >= 4 is 5.97 Å². The molecule has 3 nitrogen and oxygen atoms in total. The van der Waals surface area contributed by atoms with Crippen LogP contribution in [0.2, 0.25) is 0 Å². The molecule has 15 heavy (non-hydrogen) atoms. The van der Waals surface area contributed by atoms with E-state index in [0.29, 0.717) is 5.57 Å². The van der Waals surface area contributed by atoms with Gasteiger partial charge in [0.15, 0.2) is 0 Å². The first-order valence-corrected chi connectivity index (χ1v) is 5.69. The highest BCUT2D eigenvalue weighted by atomic mass is 16.6. The average Bonchev–Trinajstić information content (AvgIpc) is 2.40. The van der Waals surface area contributed by atoms with Crippen molar-refractivity contribution in [3.63, 3.8) is 0 Å². The SMILES string of the molecule is CC1=C(C(C)O)C(=O)OC12CCCCC2. The third-order valence-corrected chi connectivity index (χ3v) is 3.67. The van der Waals surface area contributed by atoms with Gasteiger partial charge < -0.3 is 9.84 Å². The molecule has 2 aliphatic rings. The van der Waals surface area contributed by atoms with Gasteiger partial charge in [-0.1, -0.05) is 6.42 Å². The Kier molecular flexibility index (Phi) is 2.59. The van der Waals surface area contributed by atoms with Gasteiger partial charge in [-0.05, 0) is 45.1 Å². The molecule has 1 atom stereocenters. The molecule has 0 radical (unpaired) electrons. The first-order chi connectivity index (χ1) is 7.07. The molecule has 1 N–H and O–H groups in total. The van der Waals surface area contributed by atoms with E-state index in [1.54, 1.807) is 6.92 Å². The zero-order chi connectivity index (χ0) is 11.1. The summed E-state index contributed by atoms with van der Waals surface area (Å²) in [5, 5.41) is 9.55. The van der Waals surface area contributed by atoms with Crippen molar-refractivity contribution in [1.29, 1.82) is 0 Å². The second-order valence-corrected chi connectivity index (χ2v) is 4.66. The summed E-state index contributed by atoms with van der Waals surface area (Å²) in [6.45, 7) is 3.56. The van der Waals surface area contributed by atoms with E-state index < -0.39 is 6.10 Å². The Morgan fingerprint density at radius 2 is 1.93 bits per heavy atom. The maximum Gasteiger partial charge on any atom is 0.337 e. The molecule has 0 aromatic heterocycles. The molecule has 0 bridgehead atoms. The molecule has 1 unspecified atom stereocenters. The number of aliphatic hydroxyl groups is 1. The summed E-state index contributed by atoms with van der Waals surface area (Å²) in [7, 11) is 0. The molecule has 0 amide bonds. The third kappa shape index (κ3) is 1.59. The van der Waals surface area contributed by atoms with Crippen LogP contribution in [-0.2, 0) is 9.53 Å². The second kappa shape index (κ2) is 3.63. The topological polar surface area (TPSA) is 46.5 Å². The number of rotatable bonds is 1. The molecule has 1 aliphatic heterocycles. The first kappa shape index (κ1) is 10.7. The smallest absolute Gasteiger partial charge is 0.337 e. The van der Waals surface area contributed by atoms with Crippen LogP contribution in [0.1, 0.15) is 46.0 Å². The standard InChI is InChI=1S/C12H18O3/c1-8-10(9(2)13)11(14)15-12(8)6-4-3-5-7-12/h9,13H,3-7H2,1-2H3. The summed E-state index contributed by atoms with van der Waals surface area (Å²) in [5.74, 6) is -0.315. The van der Waals surface area contributed by atoms with Gasteiger partial charge in [-0.25, -0.2) is 4.79 Å². The van der Waals surface area contributed by atoms with Crippen LogP contribution in [0.5, 0.6) is 0 Å². The van der Waals surface area contributed by atoms with Crippen molar-refractivity contribution in [2.75, 3.05) is 0 Å². The van der Waals surface area contributed by atoms with Crippen molar-refractivity contribution in [3.05, 3.63) is 11.1 Å². The minimum atomic E-state index is -0.709. The molecule has 1 spiro atoms. The van der Waals surface area contributed by atoms with Crippen LogP contribution in [0, 0.1) is 0 Å². The lowest BCUT2D eigenvalue weighted by Crippen LogP contribution is -2.33. The van der Waals surface area contributed by atoms with Gasteiger partial charge in [-0.15, -0.1) is 0 Å². The lowest BCUT2D eigenvalue weighted by Gasteiger charge is -2.33. The number of aliphatic hydroxyl groups excluding tert-OH is 1. The Balaban J connectivity index is 2.34. The molecular formula is C12H18O3. The van der Waals surface area contributed by atoms with Gasteiger partial charge in [0.1, 0.15) is 5.60 Å². The van der Waals surface area contributed by atoms with Gasteiger partial charge in [0.2, 0.25) is 0 Å². The van der Waals surface area contributed by atoms with Crippen LogP contribution in [0.3, 0.4) is 0 Å². The highest BCUT2D eigenvalue weighted by molar-refractivity contribution is 5.94. The number of hydrogen-bond donors (Lipinski definition) is 1. The lowest BCUT2D eigenvalue weighted by molar-refractivity contribution is -0.149. The van der Waals surface area contributed by atoms with Crippen LogP contribution >= 0.6 is 0 Å². The maximum atomic E-state index is 11.7. The van der Waals surface area contributed by atoms with Gasteiger partial charge in [-0.2, -0.15) is 0 Å². The lowest BCUT2D eigenvalue weighted by atomic mass is 9.79. The van der Waals surface area contributed by atoms with Gasteiger partial charge in [-0.3, -0.25) is 0 Å². The van der Waals surface area contributed by atoms with Gasteiger partial charge >= 0.3 is 5.97 Å². The van der Waals surface area contributed by atoms with E-state index in [1.165, 1.54) is 6.42 Å². The van der Waals surface area contributed by atoms with Gasteiger partial charge in [0, 0.05) is 0 Å². The largest absolute Gasteiger partial charge is 0.451 e. The molecule has 84 valence electrons. The van der Waals surface area contributed by atoms with E-state index in [2.05, 4.69) is 0 Å². The summed E-state index contributed by atoms with van der Waals surface area (Å²) in [4.78, 5) is 11.7. The monoisotopic (exact) mass is 210 g/mol. The van der Waals surface area contributed by atoms with Gasteiger partial charge in [0.05, 0.1) is 11.7 Å². The molecule has 2 rings (SSSR count). The highest BCUT2D eigenvalue weighted by Crippen LogP contribution is 2.44. The fourth-order valence-electron chi connectivity index (χ4n) is 2.79. The first-order valence-electron chi connectivity index (χ1n) is 5.69. The van der Waals surface area contributed by atoms with E-state index in [9.17, 15) is 9.90 Å². The molecule has 0 saturated heterocycles. The molecule has 0 aromatic rings. The summed E-state index contributed by atoms with van der Waals surface area (Å²) in [5.41, 5.74) is 1.07. The Morgan fingerprint density at radius 3 is 2.40 bits per heavy atom. The number of ether oxygens (including phenoxy) is 1. The normalized spacial score (nSPS) is 27.0. The predicted molar refractivity (Wildman–Crippen MR) is 56.3 cm³/mol. The van der Waals surface area contributed by atoms with Crippen molar-refractivity contribution in [1.82, 2.24) is 0 Å². The number of carbonyl (C=O) groups excluding carboxylic acids is 1. The van der Waals surface area contributed by atoms with Crippen LogP contribution in [0.15, 0.2) is 11.1 Å². The minimum absolute atomic E-state index is 0.315. The van der Waals surface area contributed by atoms with Crippen LogP contribution in [-0.4, -0.2) is 22.8 Å². The predicted octanol–water partition coefficient (Wildman–Crippen LogP) is 1.94. The quantitative estimate of drug-likeness (QED) is 0.673. The third-order valence-electron chi connectivity index (χ3n) is 3.67. The van der Waals surface area contributed by atoms with Crippen LogP contribution < -0.4 is 0 Å². The molecular weight excluding hydrogens is 192 g/mol. The van der Waals surface area contributed by atoms with Crippen molar-refractivity contribution in [2.24, 2.45) is 0 Å². The van der Waals surface area contributed by atoms with E-state index >= 15 is 0 Å². The molecule has 1 saturated carbocycles. The minimum Gasteiger partial charge on any atom is -0.451 e. The number of carbonyl (C=O) groups is 1. The second-order valence-electron chi connectivity index (χ2n) is 4.66. The molecule has 1 heterocycles. The molecule has 0 aromatic carbocycles. The van der Waals surface area contributed by atoms with E-state index in [-0.39, 0.29) is 11.6 Å². The fraction of sp³-hybridized carbons (Fsp3) is 0.750. The van der Waals surface area contributed by atoms with Gasteiger partial charge in [0.25, 0.3) is 0 Å². The zero-order valence-corrected chi connectivity index (χ0v) is 9.38. The number of hydrogen-bond acceptors (Lipinski definition) is 3. The van der Waals surface area contributed by atoms with Crippen LogP contribution in [0.25, 0.3) is 0 Å². The summed E-state index contributed by atoms with van der Waals surface area (Å²) >= 11 is 0. The van der Waals surface area contributed by atoms with Crippen molar-refractivity contribution in [3.8, 4) is 0 Å². The fourth-order valence-corrected chi connectivity index (χ4v) is 2.79. The number of esters is 1. The van der Waals surface area contributed by atoms with E-state index in [1.807, 2.05) is 6.92 Å². The Morgan fingerprint density at radius 1 is 1.33 bits per heavy atom. The maximum absolute atomic E-state index is 11.7. The van der Waals surface area contributed by atoms with Crippen molar-refractivity contribution < 1.29 is 14.6 Å². The molecule has 1 fully saturated rings. The Hall–Kier alpha value is -0.830. The average molecular weight is 210 g/mol. The molecule has 1 aliphatic carbocycles. The summed E-state index contributed by atoms with van der Waals surface area (Å²) in [6.07, 6.45) is 4.56. The van der Waals surface area contributed by atoms with E-state index in [4.69, 9.17) is 4.74 Å². The Bertz CT molecular complexity index is 309. The van der Waals surface area contributed by atoms with Crippen LogP contribution in [0.4, 0.5) is 0 Å².